The summed E-state index contributed by atoms with van der Waals surface area (Å²) in [6, 6.07) is -3.32. The highest BCUT2D eigenvalue weighted by Crippen LogP contribution is 2.03. The van der Waals surface area contributed by atoms with Gasteiger partial charge in [-0.2, -0.15) is 12.6 Å². The zero-order valence-electron chi connectivity index (χ0n) is 13.8. The van der Waals surface area contributed by atoms with E-state index in [2.05, 4.69) is 23.3 Å². The topological polar surface area (TPSA) is 185 Å². The summed E-state index contributed by atoms with van der Waals surface area (Å²) in [5, 5.41) is 22.3. The van der Waals surface area contributed by atoms with Gasteiger partial charge in [0.2, 0.25) is 11.8 Å². The predicted octanol–water partition coefficient (Wildman–Crippen LogP) is -1.71. The van der Waals surface area contributed by atoms with Gasteiger partial charge in [0.25, 0.3) is 0 Å². The van der Waals surface area contributed by atoms with Crippen LogP contribution in [-0.2, 0) is 19.2 Å². The Balaban J connectivity index is 4.85. The van der Waals surface area contributed by atoms with Crippen LogP contribution in [0.4, 0.5) is 0 Å². The van der Waals surface area contributed by atoms with E-state index in [-0.39, 0.29) is 18.6 Å². The minimum absolute atomic E-state index is 0.153. The highest BCUT2D eigenvalue weighted by atomic mass is 32.1. The maximum atomic E-state index is 12.2. The Bertz CT molecular complexity index is 476. The number of nitrogens with two attached hydrogens (primary N) is 2. The summed E-state index contributed by atoms with van der Waals surface area (Å²) in [5.74, 6) is -4.00. The van der Waals surface area contributed by atoms with Gasteiger partial charge in [-0.05, 0) is 25.8 Å². The number of carbonyl (C=O) groups is 4. The maximum Gasteiger partial charge on any atom is 0.327 e. The summed E-state index contributed by atoms with van der Waals surface area (Å²) in [7, 11) is 0. The highest BCUT2D eigenvalue weighted by Gasteiger charge is 2.27. The quantitative estimate of drug-likeness (QED) is 0.146. The summed E-state index contributed by atoms with van der Waals surface area (Å²) in [6.45, 7) is 0.471. The second kappa shape index (κ2) is 12.5. The van der Waals surface area contributed by atoms with Gasteiger partial charge in [-0.1, -0.05) is 6.42 Å². The lowest BCUT2D eigenvalue weighted by Gasteiger charge is -2.22. The molecule has 0 aliphatic rings. The smallest absolute Gasteiger partial charge is 0.327 e. The molecular formula is C14H26N4O6S. The van der Waals surface area contributed by atoms with E-state index in [4.69, 9.17) is 21.7 Å². The van der Waals surface area contributed by atoms with E-state index in [1.54, 1.807) is 0 Å². The van der Waals surface area contributed by atoms with Crippen LogP contribution in [0.2, 0.25) is 0 Å². The zero-order chi connectivity index (χ0) is 19.4. The summed E-state index contributed by atoms with van der Waals surface area (Å²) in [4.78, 5) is 45.9. The highest BCUT2D eigenvalue weighted by molar-refractivity contribution is 7.80. The third-order valence-corrected chi connectivity index (χ3v) is 3.75. The molecule has 0 saturated heterocycles. The average molecular weight is 378 g/mol. The zero-order valence-corrected chi connectivity index (χ0v) is 14.7. The van der Waals surface area contributed by atoms with Gasteiger partial charge < -0.3 is 32.3 Å². The molecule has 0 aromatic rings. The molecular weight excluding hydrogens is 352 g/mol. The Morgan fingerprint density at radius 2 is 1.56 bits per heavy atom. The van der Waals surface area contributed by atoms with E-state index < -0.39 is 41.9 Å². The number of rotatable bonds is 13. The molecule has 0 aromatic heterocycles. The van der Waals surface area contributed by atoms with Gasteiger partial charge in [-0.15, -0.1) is 0 Å². The third kappa shape index (κ3) is 9.89. The summed E-state index contributed by atoms with van der Waals surface area (Å²) in [6.07, 6.45) is 1.13. The molecule has 0 bridgehead atoms. The van der Waals surface area contributed by atoms with Crippen LogP contribution in [0.3, 0.4) is 0 Å². The molecule has 0 aromatic carbocycles. The molecule has 144 valence electrons. The number of amides is 2. The first-order chi connectivity index (χ1) is 11.7. The van der Waals surface area contributed by atoms with Gasteiger partial charge in [0.05, 0.1) is 6.04 Å². The number of thiol groups is 1. The molecule has 0 aliphatic carbocycles. The molecule has 3 atom stereocenters. The first-order valence-electron chi connectivity index (χ1n) is 7.84. The number of carboxylic acid groups (broad SMARTS) is 2. The SMILES string of the molecule is NCCCC[C@H](N)C(=O)N[C@@H](CCC(=O)O)C(=O)N[C@@H](CS)C(=O)O. The van der Waals surface area contributed by atoms with Crippen molar-refractivity contribution >= 4 is 36.4 Å². The molecule has 0 heterocycles. The summed E-state index contributed by atoms with van der Waals surface area (Å²) in [5.41, 5.74) is 11.1. The van der Waals surface area contributed by atoms with Crippen molar-refractivity contribution in [2.24, 2.45) is 11.5 Å². The van der Waals surface area contributed by atoms with Crippen molar-refractivity contribution in [3.8, 4) is 0 Å². The minimum Gasteiger partial charge on any atom is -0.481 e. The minimum atomic E-state index is -1.29. The van der Waals surface area contributed by atoms with Crippen LogP contribution in [-0.4, -0.2) is 64.4 Å². The molecule has 10 nitrogen and oxygen atoms in total. The van der Waals surface area contributed by atoms with Crippen molar-refractivity contribution in [2.45, 2.75) is 50.2 Å². The molecule has 0 saturated carbocycles. The standard InChI is InChI=1S/C14H26N4O6S/c15-6-2-1-3-8(16)12(21)17-9(4-5-11(19)20)13(22)18-10(7-25)14(23)24/h8-10,25H,1-7,15-16H2,(H,17,21)(H,18,22)(H,19,20)(H,23,24)/t8-,9-,10-/m0/s1. The van der Waals surface area contributed by atoms with E-state index in [0.29, 0.717) is 25.8 Å². The van der Waals surface area contributed by atoms with Gasteiger partial charge in [0, 0.05) is 12.2 Å². The number of unbranched alkanes of at least 4 members (excludes halogenated alkanes) is 1. The summed E-state index contributed by atoms with van der Waals surface area (Å²) >= 11 is 3.83. The van der Waals surface area contributed by atoms with Crippen LogP contribution >= 0.6 is 12.6 Å². The maximum absolute atomic E-state index is 12.2. The second-order valence-corrected chi connectivity index (χ2v) is 5.83. The first-order valence-corrected chi connectivity index (χ1v) is 8.48. The Morgan fingerprint density at radius 1 is 0.960 bits per heavy atom. The molecule has 0 rings (SSSR count). The van der Waals surface area contributed by atoms with Gasteiger partial charge >= 0.3 is 11.9 Å². The van der Waals surface area contributed by atoms with E-state index in [0.717, 1.165) is 0 Å². The molecule has 0 aliphatic heterocycles. The van der Waals surface area contributed by atoms with Crippen LogP contribution < -0.4 is 22.1 Å². The Labute approximate surface area is 151 Å². The van der Waals surface area contributed by atoms with Crippen molar-refractivity contribution in [3.63, 3.8) is 0 Å². The fourth-order valence-electron chi connectivity index (χ4n) is 1.91. The van der Waals surface area contributed by atoms with E-state index in [1.807, 2.05) is 0 Å². The van der Waals surface area contributed by atoms with Crippen LogP contribution in [0.15, 0.2) is 0 Å². The molecule has 0 spiro atoms. The largest absolute Gasteiger partial charge is 0.481 e. The fourth-order valence-corrected chi connectivity index (χ4v) is 2.16. The number of nitrogens with one attached hydrogen (secondary N) is 2. The van der Waals surface area contributed by atoms with Crippen molar-refractivity contribution in [3.05, 3.63) is 0 Å². The molecule has 11 heteroatoms. The first kappa shape index (κ1) is 23.1. The van der Waals surface area contributed by atoms with Gasteiger partial charge in [0.15, 0.2) is 0 Å². The number of carbonyl (C=O) groups excluding carboxylic acids is 2. The van der Waals surface area contributed by atoms with Crippen LogP contribution in [0.1, 0.15) is 32.1 Å². The summed E-state index contributed by atoms with van der Waals surface area (Å²) < 4.78 is 0. The number of carboxylic acids is 2. The number of hydrogen-bond donors (Lipinski definition) is 7. The Kier molecular flexibility index (Phi) is 11.6. The molecule has 0 fully saturated rings. The van der Waals surface area contributed by atoms with Crippen LogP contribution in [0.25, 0.3) is 0 Å². The van der Waals surface area contributed by atoms with Gasteiger partial charge in [-0.3, -0.25) is 14.4 Å². The average Bonchev–Trinajstić information content (AvgIpc) is 2.55. The monoisotopic (exact) mass is 378 g/mol. The molecule has 25 heavy (non-hydrogen) atoms. The Hall–Kier alpha value is -1.85. The van der Waals surface area contributed by atoms with Crippen molar-refractivity contribution in [2.75, 3.05) is 12.3 Å². The van der Waals surface area contributed by atoms with E-state index in [9.17, 15) is 19.2 Å². The van der Waals surface area contributed by atoms with Crippen molar-refractivity contribution in [1.82, 2.24) is 10.6 Å². The molecule has 2 amide bonds. The number of hydrogen-bond acceptors (Lipinski definition) is 7. The number of aliphatic carboxylic acids is 2. The molecule has 0 unspecified atom stereocenters. The molecule has 0 radical (unpaired) electrons. The van der Waals surface area contributed by atoms with Crippen molar-refractivity contribution < 1.29 is 29.4 Å². The van der Waals surface area contributed by atoms with E-state index in [1.165, 1.54) is 0 Å². The van der Waals surface area contributed by atoms with Crippen molar-refractivity contribution in [1.29, 1.82) is 0 Å². The lowest BCUT2D eigenvalue weighted by Crippen LogP contribution is -2.54. The Morgan fingerprint density at radius 3 is 2.04 bits per heavy atom. The predicted molar refractivity (Wildman–Crippen MR) is 93.1 cm³/mol. The second-order valence-electron chi connectivity index (χ2n) is 5.47. The van der Waals surface area contributed by atoms with Gasteiger partial charge in [0.1, 0.15) is 12.1 Å². The molecule has 8 N–H and O–H groups in total. The van der Waals surface area contributed by atoms with Crippen LogP contribution in [0.5, 0.6) is 0 Å². The lowest BCUT2D eigenvalue weighted by molar-refractivity contribution is -0.142. The lowest BCUT2D eigenvalue weighted by atomic mass is 10.1. The van der Waals surface area contributed by atoms with Crippen LogP contribution in [0, 0.1) is 0 Å². The van der Waals surface area contributed by atoms with E-state index >= 15 is 0 Å². The normalized spacial score (nSPS) is 14.2. The fraction of sp³-hybridized carbons (Fsp3) is 0.714. The third-order valence-electron chi connectivity index (χ3n) is 3.38. The van der Waals surface area contributed by atoms with Gasteiger partial charge in [-0.25, -0.2) is 4.79 Å².